The van der Waals surface area contributed by atoms with Crippen LogP contribution in [-0.2, 0) is 33.4 Å². The second-order valence-electron chi connectivity index (χ2n) is 6.94. The van der Waals surface area contributed by atoms with Crippen molar-refractivity contribution in [3.8, 4) is 0 Å². The van der Waals surface area contributed by atoms with Gasteiger partial charge in [-0.25, -0.2) is 0 Å². The molecule has 1 aliphatic carbocycles. The maximum Gasteiger partial charge on any atom is 0.265 e. The third-order valence-electron chi connectivity index (χ3n) is 4.92. The van der Waals surface area contributed by atoms with Crippen molar-refractivity contribution in [2.45, 2.75) is 46.3 Å². The van der Waals surface area contributed by atoms with Crippen LogP contribution >= 0.6 is 34.8 Å². The van der Waals surface area contributed by atoms with E-state index >= 15 is 0 Å². The highest BCUT2D eigenvalue weighted by molar-refractivity contribution is 6.76. The lowest BCUT2D eigenvalue weighted by Crippen LogP contribution is -2.77. The maximum atomic E-state index is 12.4. The Balaban J connectivity index is 2.76. The van der Waals surface area contributed by atoms with Crippen molar-refractivity contribution in [1.82, 2.24) is 0 Å². The van der Waals surface area contributed by atoms with Gasteiger partial charge in [-0.2, -0.15) is 0 Å². The van der Waals surface area contributed by atoms with Crippen LogP contribution in [0.3, 0.4) is 0 Å². The predicted octanol–water partition coefficient (Wildman–Crippen LogP) is -1.91. The number of hydrogen-bond donors (Lipinski definition) is 5. The molecule has 0 saturated carbocycles. The normalized spacial score (nSPS) is 33.5. The molecule has 2 rings (SSSR count). The average Bonchev–Trinajstić information content (AvgIpc) is 2.71. The van der Waals surface area contributed by atoms with E-state index in [1.54, 1.807) is 0 Å². The summed E-state index contributed by atoms with van der Waals surface area (Å²) in [7, 11) is 0. The minimum atomic E-state index is -3.53. The first-order chi connectivity index (χ1) is 14.6. The zero-order valence-electron chi connectivity index (χ0n) is 15.8. The van der Waals surface area contributed by atoms with Crippen molar-refractivity contribution in [2.24, 2.45) is 0 Å². The minimum absolute atomic E-state index is 0.471. The average molecular weight is 517 g/mol. The topological polar surface area (TPSA) is 209 Å². The molecule has 0 aromatic carbocycles. The number of hydrogen-bond acceptors (Lipinski definition) is 12. The van der Waals surface area contributed by atoms with Crippen LogP contribution in [0.1, 0.15) is 12.8 Å². The Morgan fingerprint density at radius 3 is 2.38 bits per heavy atom. The van der Waals surface area contributed by atoms with E-state index in [1.165, 1.54) is 0 Å². The van der Waals surface area contributed by atoms with Gasteiger partial charge < -0.3 is 29.9 Å². The van der Waals surface area contributed by atoms with E-state index in [-0.39, 0.29) is 0 Å². The number of ketones is 4. The number of allylic oxidation sites excluding steroid dienone is 1. The molecule has 5 atom stereocenters. The molecule has 0 amide bonds. The fraction of sp³-hybridized carbons (Fsp3) is 0.529. The van der Waals surface area contributed by atoms with Crippen LogP contribution in [0.15, 0.2) is 11.6 Å². The molecule has 0 radical (unpaired) electrons. The number of carbonyl (C=O) groups is 5. The minimum Gasteiger partial charge on any atom is -0.441 e. The van der Waals surface area contributed by atoms with Crippen molar-refractivity contribution in [2.75, 3.05) is 6.61 Å². The first kappa shape index (κ1) is 26.5. The molecule has 0 aromatic heterocycles. The zero-order chi connectivity index (χ0) is 24.6. The number of halogens is 3. The van der Waals surface area contributed by atoms with Crippen LogP contribution in [0.5, 0.6) is 0 Å². The molecule has 5 N–H and O–H groups in total. The Morgan fingerprint density at radius 2 is 1.88 bits per heavy atom. The Labute approximate surface area is 194 Å². The van der Waals surface area contributed by atoms with E-state index in [4.69, 9.17) is 49.7 Å². The number of rotatable bonds is 6. The molecule has 32 heavy (non-hydrogen) atoms. The smallest absolute Gasteiger partial charge is 0.265 e. The summed E-state index contributed by atoms with van der Waals surface area (Å²) < 4.78 is 7.76. The van der Waals surface area contributed by atoms with Crippen LogP contribution in [0.4, 0.5) is 0 Å². The summed E-state index contributed by atoms with van der Waals surface area (Å²) in [6, 6.07) is 0. The number of aldehydes is 1. The third kappa shape index (κ3) is 4.50. The van der Waals surface area contributed by atoms with Gasteiger partial charge in [0.05, 0.1) is 13.0 Å². The highest BCUT2D eigenvalue weighted by atomic mass is 35.6. The van der Waals surface area contributed by atoms with Gasteiger partial charge >= 0.3 is 0 Å². The summed E-state index contributed by atoms with van der Waals surface area (Å²) in [5, 5.41) is 49.1. The molecule has 1 fully saturated rings. The van der Waals surface area contributed by atoms with Crippen molar-refractivity contribution in [3.05, 3.63) is 11.6 Å². The Kier molecular flexibility index (Phi) is 7.64. The summed E-state index contributed by atoms with van der Waals surface area (Å²) in [5.74, 6) is -9.50. The standard InChI is InChI=1S/C17H16Cl3NO11/c18-17(19,20)14(21)32-15(3-6-1-8(25)9(26)2-7(6)24)16(30,11(27)5-23)13(29)12(28)10(4-22)31-15/h1,5,10,12-13,21-22,28-30H,2-4H2/t10-,12-,13+,15-,16+/m1/s1. The summed E-state index contributed by atoms with van der Waals surface area (Å²) in [4.78, 5) is 59.3. The van der Waals surface area contributed by atoms with Gasteiger partial charge in [0.1, 0.15) is 18.3 Å². The Morgan fingerprint density at radius 1 is 1.28 bits per heavy atom. The molecule has 12 nitrogen and oxygen atoms in total. The van der Waals surface area contributed by atoms with E-state index in [0.29, 0.717) is 6.08 Å². The fourth-order valence-electron chi connectivity index (χ4n) is 3.25. The first-order valence-corrected chi connectivity index (χ1v) is 9.80. The molecule has 0 aromatic rings. The highest BCUT2D eigenvalue weighted by Crippen LogP contribution is 2.46. The number of ether oxygens (including phenoxy) is 2. The van der Waals surface area contributed by atoms with Crippen LogP contribution in [-0.4, -0.2) is 95.8 Å². The Bertz CT molecular complexity index is 914. The summed E-state index contributed by atoms with van der Waals surface area (Å²) in [6.45, 7) is -1.06. The molecular formula is C17H16Cl3NO11. The second kappa shape index (κ2) is 9.23. The van der Waals surface area contributed by atoms with Gasteiger partial charge in [-0.3, -0.25) is 29.4 Å². The van der Waals surface area contributed by atoms with Gasteiger partial charge in [-0.05, 0) is 6.08 Å². The van der Waals surface area contributed by atoms with Crippen LogP contribution in [0, 0.1) is 5.41 Å². The molecule has 2 aliphatic rings. The van der Waals surface area contributed by atoms with Gasteiger partial charge in [-0.1, -0.05) is 34.8 Å². The van der Waals surface area contributed by atoms with E-state index < -0.39 is 93.8 Å². The van der Waals surface area contributed by atoms with Crippen molar-refractivity contribution in [3.63, 3.8) is 0 Å². The summed E-state index contributed by atoms with van der Waals surface area (Å²) in [5.41, 5.74) is -4.11. The zero-order valence-corrected chi connectivity index (χ0v) is 18.1. The molecule has 1 aliphatic heterocycles. The van der Waals surface area contributed by atoms with E-state index in [9.17, 15) is 44.4 Å². The van der Waals surface area contributed by atoms with Gasteiger partial charge in [-0.15, -0.1) is 0 Å². The quantitative estimate of drug-likeness (QED) is 0.0656. The van der Waals surface area contributed by atoms with Gasteiger partial charge in [0.15, 0.2) is 12.1 Å². The number of alkyl halides is 3. The molecule has 1 saturated heterocycles. The Hall–Kier alpha value is -1.77. The number of Topliss-reactive ketones (excluding diaryl/α,β-unsaturated/α-hetero) is 3. The lowest BCUT2D eigenvalue weighted by molar-refractivity contribution is -0.367. The van der Waals surface area contributed by atoms with Gasteiger partial charge in [0, 0.05) is 12.0 Å². The van der Waals surface area contributed by atoms with E-state index in [0.717, 1.165) is 0 Å². The highest BCUT2D eigenvalue weighted by Gasteiger charge is 2.70. The number of nitrogens with one attached hydrogen (secondary N) is 1. The van der Waals surface area contributed by atoms with Crippen LogP contribution in [0.25, 0.3) is 0 Å². The number of aliphatic hydroxyl groups is 4. The largest absolute Gasteiger partial charge is 0.441 e. The van der Waals surface area contributed by atoms with Gasteiger partial charge in [0.25, 0.3) is 9.58 Å². The molecule has 15 heteroatoms. The third-order valence-corrected chi connectivity index (χ3v) is 5.44. The van der Waals surface area contributed by atoms with Crippen molar-refractivity contribution < 1.29 is 53.9 Å². The maximum absolute atomic E-state index is 12.4. The lowest BCUT2D eigenvalue weighted by Gasteiger charge is -2.53. The second-order valence-corrected chi connectivity index (χ2v) is 9.22. The van der Waals surface area contributed by atoms with Gasteiger partial charge in [0.2, 0.25) is 28.8 Å². The SMILES string of the molecule is N=C(O[C@@]1(CC2=CC(=O)C(=O)CC2=O)O[C@H](CO)[C@@H](O)[C@H](O)[C@@]1(O)C(=O)C=O)C(Cl)(Cl)Cl. The predicted molar refractivity (Wildman–Crippen MR) is 104 cm³/mol. The molecule has 0 spiro atoms. The monoisotopic (exact) mass is 515 g/mol. The number of carbonyl (C=O) groups excluding carboxylic acids is 5. The first-order valence-electron chi connectivity index (χ1n) is 8.67. The number of aliphatic hydroxyl groups excluding tert-OH is 3. The van der Waals surface area contributed by atoms with E-state index in [2.05, 4.69) is 0 Å². The van der Waals surface area contributed by atoms with Crippen molar-refractivity contribution in [1.29, 1.82) is 5.41 Å². The van der Waals surface area contributed by atoms with Crippen molar-refractivity contribution >= 4 is 70.1 Å². The molecule has 176 valence electrons. The van der Waals surface area contributed by atoms with E-state index in [1.807, 2.05) is 0 Å². The molecular weight excluding hydrogens is 501 g/mol. The summed E-state index contributed by atoms with van der Waals surface area (Å²) >= 11 is 16.7. The molecule has 1 heterocycles. The fourth-order valence-corrected chi connectivity index (χ4v) is 3.37. The molecule has 0 bridgehead atoms. The lowest BCUT2D eigenvalue weighted by atomic mass is 9.73. The molecule has 0 unspecified atom stereocenters. The summed E-state index contributed by atoms with van der Waals surface area (Å²) in [6.07, 6.45) is -8.55. The van der Waals surface area contributed by atoms with Crippen LogP contribution < -0.4 is 0 Å². The van der Waals surface area contributed by atoms with Crippen LogP contribution in [0.2, 0.25) is 0 Å².